The molecule has 0 atom stereocenters. The van der Waals surface area contributed by atoms with E-state index >= 15 is 0 Å². The molecule has 0 fully saturated rings. The molecule has 0 saturated heterocycles. The highest BCUT2D eigenvalue weighted by Gasteiger charge is 2.25. The first-order chi connectivity index (χ1) is 14.5. The van der Waals surface area contributed by atoms with Gasteiger partial charge in [0.2, 0.25) is 5.12 Å². The summed E-state index contributed by atoms with van der Waals surface area (Å²) in [6, 6.07) is 13.1. The third-order valence-electron chi connectivity index (χ3n) is 3.81. The number of ether oxygens (including phenoxy) is 3. The highest BCUT2D eigenvalue weighted by molar-refractivity contribution is 8.49. The Kier molecular flexibility index (Phi) is 7.84. The molecule has 2 aromatic rings. The molecule has 0 amide bonds. The summed E-state index contributed by atoms with van der Waals surface area (Å²) in [5, 5.41) is -0.413. The lowest BCUT2D eigenvalue weighted by atomic mass is 10.1. The van der Waals surface area contributed by atoms with Crippen molar-refractivity contribution in [3.05, 3.63) is 64.3 Å². The molecule has 1 aliphatic heterocycles. The largest absolute Gasteiger partial charge is 0.493 e. The SMILES string of the molecule is CCOC(=O)SC1=N/C(=C/c2cc(Cl)c(OCc3ccccc3)c(OC)c2)C(=O)S1. The van der Waals surface area contributed by atoms with Crippen LogP contribution in [0.3, 0.4) is 0 Å². The van der Waals surface area contributed by atoms with Crippen molar-refractivity contribution in [2.45, 2.75) is 13.5 Å². The number of rotatable bonds is 6. The fourth-order valence-corrected chi connectivity index (χ4v) is 4.35. The van der Waals surface area contributed by atoms with E-state index in [0.29, 0.717) is 33.1 Å². The highest BCUT2D eigenvalue weighted by atomic mass is 35.5. The summed E-state index contributed by atoms with van der Waals surface area (Å²) >= 11 is 8.08. The van der Waals surface area contributed by atoms with Gasteiger partial charge in [0, 0.05) is 11.8 Å². The lowest BCUT2D eigenvalue weighted by molar-refractivity contribution is -0.107. The molecule has 0 bridgehead atoms. The minimum Gasteiger partial charge on any atom is -0.493 e. The van der Waals surface area contributed by atoms with Crippen molar-refractivity contribution in [1.29, 1.82) is 0 Å². The van der Waals surface area contributed by atoms with Crippen LogP contribution in [0.4, 0.5) is 4.79 Å². The number of methoxy groups -OCH3 is 1. The lowest BCUT2D eigenvalue weighted by Gasteiger charge is -2.13. The van der Waals surface area contributed by atoms with Gasteiger partial charge in [-0.2, -0.15) is 0 Å². The van der Waals surface area contributed by atoms with E-state index in [1.54, 1.807) is 25.1 Å². The maximum Gasteiger partial charge on any atom is 0.374 e. The van der Waals surface area contributed by atoms with E-state index in [0.717, 1.165) is 29.1 Å². The quantitative estimate of drug-likeness (QED) is 0.396. The molecule has 30 heavy (non-hydrogen) atoms. The highest BCUT2D eigenvalue weighted by Crippen LogP contribution is 2.38. The van der Waals surface area contributed by atoms with Crippen LogP contribution in [-0.4, -0.2) is 28.5 Å². The second-order valence-electron chi connectivity index (χ2n) is 5.89. The average Bonchev–Trinajstić information content (AvgIpc) is 3.06. The molecule has 0 unspecified atom stereocenters. The van der Waals surface area contributed by atoms with Gasteiger partial charge in [-0.25, -0.2) is 9.79 Å². The molecule has 6 nitrogen and oxygen atoms in total. The molecule has 9 heteroatoms. The van der Waals surface area contributed by atoms with E-state index < -0.39 is 5.30 Å². The molecule has 0 radical (unpaired) electrons. The summed E-state index contributed by atoms with van der Waals surface area (Å²) in [7, 11) is 1.51. The van der Waals surface area contributed by atoms with Crippen LogP contribution in [-0.2, 0) is 16.1 Å². The van der Waals surface area contributed by atoms with Crippen LogP contribution in [0.25, 0.3) is 6.08 Å². The van der Waals surface area contributed by atoms with Crippen molar-refractivity contribution >= 4 is 56.0 Å². The van der Waals surface area contributed by atoms with E-state index in [2.05, 4.69) is 4.99 Å². The summed E-state index contributed by atoms with van der Waals surface area (Å²) in [6.07, 6.45) is 1.59. The van der Waals surface area contributed by atoms with E-state index in [-0.39, 0.29) is 17.4 Å². The topological polar surface area (TPSA) is 74.2 Å². The van der Waals surface area contributed by atoms with Crippen LogP contribution in [0.2, 0.25) is 5.02 Å². The first kappa shape index (κ1) is 22.3. The number of carbonyl (C=O) groups is 2. The number of benzene rings is 2. The van der Waals surface area contributed by atoms with Crippen molar-refractivity contribution < 1.29 is 23.8 Å². The van der Waals surface area contributed by atoms with Gasteiger partial charge in [-0.15, -0.1) is 0 Å². The lowest BCUT2D eigenvalue weighted by Crippen LogP contribution is -1.99. The number of aliphatic imine (C=N–C) groups is 1. The Morgan fingerprint density at radius 3 is 2.73 bits per heavy atom. The normalized spacial score (nSPS) is 14.6. The molecule has 0 spiro atoms. The molecule has 0 saturated carbocycles. The number of hydrogen-bond acceptors (Lipinski definition) is 8. The molecule has 0 N–H and O–H groups in total. The molecule has 156 valence electrons. The number of nitrogens with zero attached hydrogens (tertiary/aromatic N) is 1. The van der Waals surface area contributed by atoms with Gasteiger partial charge >= 0.3 is 5.30 Å². The zero-order chi connectivity index (χ0) is 21.5. The van der Waals surface area contributed by atoms with E-state index in [1.807, 2.05) is 30.3 Å². The molecule has 0 aromatic heterocycles. The van der Waals surface area contributed by atoms with Gasteiger partial charge in [0.25, 0.3) is 0 Å². The van der Waals surface area contributed by atoms with Gasteiger partial charge in [-0.1, -0.05) is 41.9 Å². The van der Waals surface area contributed by atoms with Gasteiger partial charge in [0.05, 0.1) is 18.7 Å². The summed E-state index contributed by atoms with van der Waals surface area (Å²) in [4.78, 5) is 28.0. The van der Waals surface area contributed by atoms with E-state index in [9.17, 15) is 9.59 Å². The third-order valence-corrected chi connectivity index (χ3v) is 5.81. The molecule has 0 aliphatic carbocycles. The predicted octanol–water partition coefficient (Wildman–Crippen LogP) is 5.79. The second kappa shape index (κ2) is 10.6. The Morgan fingerprint density at radius 2 is 2.03 bits per heavy atom. The summed E-state index contributed by atoms with van der Waals surface area (Å²) in [5.74, 6) is 0.854. The van der Waals surface area contributed by atoms with Crippen LogP contribution >= 0.6 is 35.1 Å². The zero-order valence-electron chi connectivity index (χ0n) is 16.2. The van der Waals surface area contributed by atoms with Gasteiger partial charge in [-0.05, 0) is 48.0 Å². The van der Waals surface area contributed by atoms with Crippen molar-refractivity contribution in [1.82, 2.24) is 0 Å². The Hall–Kier alpha value is -2.42. The smallest absolute Gasteiger partial charge is 0.374 e. The summed E-state index contributed by atoms with van der Waals surface area (Å²) in [6.45, 7) is 2.31. The second-order valence-corrected chi connectivity index (χ2v) is 8.44. The number of thioether (sulfide) groups is 2. The first-order valence-corrected chi connectivity index (χ1v) is 10.9. The molecule has 3 rings (SSSR count). The maximum absolute atomic E-state index is 12.2. The minimum absolute atomic E-state index is 0.211. The van der Waals surface area contributed by atoms with Crippen LogP contribution < -0.4 is 9.47 Å². The molecule has 2 aromatic carbocycles. The van der Waals surface area contributed by atoms with Crippen molar-refractivity contribution in [2.24, 2.45) is 4.99 Å². The van der Waals surface area contributed by atoms with E-state index in [1.165, 1.54) is 7.11 Å². The molecular formula is C21H18ClNO5S2. The monoisotopic (exact) mass is 463 g/mol. The Labute approximate surface area is 187 Å². The standard InChI is InChI=1S/C21H18ClNO5S2/c1-3-27-21(25)30-20-23-16(19(24)29-20)10-14-9-15(22)18(17(11-14)26-2)28-12-13-7-5-4-6-8-13/h4-11H,3,12H2,1-2H3/b16-10+. The van der Waals surface area contributed by atoms with Gasteiger partial charge < -0.3 is 14.2 Å². The Bertz CT molecular complexity index is 1010. The van der Waals surface area contributed by atoms with E-state index in [4.69, 9.17) is 25.8 Å². The Morgan fingerprint density at radius 1 is 1.27 bits per heavy atom. The fourth-order valence-electron chi connectivity index (χ4n) is 2.50. The van der Waals surface area contributed by atoms with Crippen LogP contribution in [0.5, 0.6) is 11.5 Å². The van der Waals surface area contributed by atoms with Crippen molar-refractivity contribution in [2.75, 3.05) is 13.7 Å². The van der Waals surface area contributed by atoms with Crippen LogP contribution in [0.15, 0.2) is 53.2 Å². The molecule has 1 heterocycles. The van der Waals surface area contributed by atoms with Crippen LogP contribution in [0, 0.1) is 0 Å². The average molecular weight is 464 g/mol. The maximum atomic E-state index is 12.2. The number of halogens is 1. The van der Waals surface area contributed by atoms with Gasteiger partial charge in [0.1, 0.15) is 16.7 Å². The van der Waals surface area contributed by atoms with Crippen LogP contribution in [0.1, 0.15) is 18.1 Å². The number of carbonyl (C=O) groups excluding carboxylic acids is 2. The summed E-state index contributed by atoms with van der Waals surface area (Å²) < 4.78 is 16.4. The third kappa shape index (κ3) is 5.81. The summed E-state index contributed by atoms with van der Waals surface area (Å²) in [5.41, 5.74) is 1.83. The first-order valence-electron chi connectivity index (χ1n) is 8.91. The van der Waals surface area contributed by atoms with Gasteiger partial charge in [0.15, 0.2) is 11.5 Å². The van der Waals surface area contributed by atoms with Crippen molar-refractivity contribution in [3.8, 4) is 11.5 Å². The zero-order valence-corrected chi connectivity index (χ0v) is 18.6. The molecular weight excluding hydrogens is 446 g/mol. The number of hydrogen-bond donors (Lipinski definition) is 0. The molecule has 1 aliphatic rings. The fraction of sp³-hybridized carbons (Fsp3) is 0.190. The minimum atomic E-state index is -0.498. The van der Waals surface area contributed by atoms with Gasteiger partial charge in [-0.3, -0.25) is 4.79 Å². The Balaban J connectivity index is 1.79. The van der Waals surface area contributed by atoms with Crippen molar-refractivity contribution in [3.63, 3.8) is 0 Å². The predicted molar refractivity (Wildman–Crippen MR) is 121 cm³/mol.